The molecule has 0 spiro atoms. The minimum atomic E-state index is -1.22. The zero-order valence-electron chi connectivity index (χ0n) is 10.6. The predicted molar refractivity (Wildman–Crippen MR) is 72.7 cm³/mol. The first-order chi connectivity index (χ1) is 9.23. The van der Waals surface area contributed by atoms with Gasteiger partial charge in [-0.15, -0.1) is 0 Å². The van der Waals surface area contributed by atoms with Crippen molar-refractivity contribution in [3.63, 3.8) is 0 Å². The maximum absolute atomic E-state index is 11.8. The summed E-state index contributed by atoms with van der Waals surface area (Å²) in [4.78, 5) is 32.6. The molecule has 0 heterocycles. The second-order valence-corrected chi connectivity index (χ2v) is 4.34. The van der Waals surface area contributed by atoms with E-state index < -0.39 is 16.8 Å². The third kappa shape index (κ3) is 3.55. The van der Waals surface area contributed by atoms with Crippen LogP contribution in [0.5, 0.6) is 0 Å². The van der Waals surface area contributed by atoms with Crippen molar-refractivity contribution in [2.45, 2.75) is 13.8 Å². The highest BCUT2D eigenvalue weighted by molar-refractivity contribution is 6.34. The molecule has 0 saturated carbocycles. The number of nitrogens with one attached hydrogen (secondary N) is 1. The second-order valence-electron chi connectivity index (χ2n) is 3.93. The van der Waals surface area contributed by atoms with Gasteiger partial charge in [0.15, 0.2) is 0 Å². The van der Waals surface area contributed by atoms with E-state index in [1.54, 1.807) is 0 Å². The lowest BCUT2D eigenvalue weighted by molar-refractivity contribution is -0.384. The Hall–Kier alpha value is -2.41. The summed E-state index contributed by atoms with van der Waals surface area (Å²) >= 11 is 5.82. The predicted octanol–water partition coefficient (Wildman–Crippen LogP) is 2.61. The number of rotatable bonds is 4. The Bertz CT molecular complexity index is 624. The third-order valence-corrected chi connectivity index (χ3v) is 2.96. The SMILES string of the molecule is CC(C(=O)O)=C(C)C(=O)Nc1cc([N+](=O)[O-])ccc1Cl. The van der Waals surface area contributed by atoms with Gasteiger partial charge in [-0.2, -0.15) is 0 Å². The Balaban J connectivity index is 3.08. The lowest BCUT2D eigenvalue weighted by Gasteiger charge is -2.08. The lowest BCUT2D eigenvalue weighted by Crippen LogP contribution is -2.16. The molecule has 106 valence electrons. The van der Waals surface area contributed by atoms with Gasteiger partial charge < -0.3 is 10.4 Å². The number of anilines is 1. The molecule has 1 aromatic carbocycles. The van der Waals surface area contributed by atoms with Crippen LogP contribution < -0.4 is 5.32 Å². The topological polar surface area (TPSA) is 110 Å². The van der Waals surface area contributed by atoms with Crippen LogP contribution in [-0.2, 0) is 9.59 Å². The van der Waals surface area contributed by atoms with Gasteiger partial charge in [-0.3, -0.25) is 14.9 Å². The van der Waals surface area contributed by atoms with Crippen LogP contribution >= 0.6 is 11.6 Å². The van der Waals surface area contributed by atoms with Crippen molar-refractivity contribution in [2.75, 3.05) is 5.32 Å². The number of amides is 1. The quantitative estimate of drug-likeness (QED) is 0.504. The van der Waals surface area contributed by atoms with E-state index in [0.717, 1.165) is 6.07 Å². The smallest absolute Gasteiger partial charge is 0.331 e. The number of carbonyl (C=O) groups is 2. The van der Waals surface area contributed by atoms with Gasteiger partial charge in [0, 0.05) is 23.3 Å². The summed E-state index contributed by atoms with van der Waals surface area (Å²) in [6.07, 6.45) is 0. The summed E-state index contributed by atoms with van der Waals surface area (Å²) in [6.45, 7) is 2.62. The zero-order valence-corrected chi connectivity index (χ0v) is 11.4. The van der Waals surface area contributed by atoms with E-state index in [0.29, 0.717) is 0 Å². The first kappa shape index (κ1) is 15.6. The molecular weight excluding hydrogens is 288 g/mol. The molecule has 1 aromatic rings. The number of aliphatic carboxylic acids is 1. The van der Waals surface area contributed by atoms with Crippen molar-refractivity contribution in [1.82, 2.24) is 0 Å². The van der Waals surface area contributed by atoms with Crippen LogP contribution in [-0.4, -0.2) is 21.9 Å². The normalized spacial score (nSPS) is 11.6. The Morgan fingerprint density at radius 3 is 2.40 bits per heavy atom. The summed E-state index contributed by atoms with van der Waals surface area (Å²) in [6, 6.07) is 3.57. The minimum absolute atomic E-state index is 0.0138. The Labute approximate surface area is 119 Å². The van der Waals surface area contributed by atoms with Crippen LogP contribution in [0.3, 0.4) is 0 Å². The van der Waals surface area contributed by atoms with Crippen LogP contribution in [0.4, 0.5) is 11.4 Å². The van der Waals surface area contributed by atoms with Crippen molar-refractivity contribution < 1.29 is 19.6 Å². The fourth-order valence-electron chi connectivity index (χ4n) is 1.27. The van der Waals surface area contributed by atoms with Crippen LogP contribution in [0.1, 0.15) is 13.8 Å². The first-order valence-electron chi connectivity index (χ1n) is 5.40. The molecule has 0 saturated heterocycles. The number of non-ortho nitro benzene ring substituents is 1. The monoisotopic (exact) mass is 298 g/mol. The van der Waals surface area contributed by atoms with Gasteiger partial charge in [0.2, 0.25) is 0 Å². The van der Waals surface area contributed by atoms with Crippen LogP contribution in [0.15, 0.2) is 29.3 Å². The van der Waals surface area contributed by atoms with Gasteiger partial charge in [0.05, 0.1) is 15.6 Å². The minimum Gasteiger partial charge on any atom is -0.478 e. The van der Waals surface area contributed by atoms with Crippen LogP contribution in [0.2, 0.25) is 5.02 Å². The summed E-state index contributed by atoms with van der Waals surface area (Å²) < 4.78 is 0. The molecule has 1 amide bonds. The number of hydrogen-bond acceptors (Lipinski definition) is 4. The molecule has 20 heavy (non-hydrogen) atoms. The number of carboxylic acids is 1. The number of nitrogens with zero attached hydrogens (tertiary/aromatic N) is 1. The fourth-order valence-corrected chi connectivity index (χ4v) is 1.43. The standard InChI is InChI=1S/C12H11ClN2O5/c1-6(7(2)12(17)18)11(16)14-10-5-8(15(19)20)3-4-9(10)13/h3-5H,1-2H3,(H,14,16)(H,17,18). The van der Waals surface area contributed by atoms with Crippen molar-refractivity contribution in [1.29, 1.82) is 0 Å². The average Bonchev–Trinajstić information content (AvgIpc) is 2.38. The van der Waals surface area contributed by atoms with Crippen molar-refractivity contribution in [2.24, 2.45) is 0 Å². The first-order valence-corrected chi connectivity index (χ1v) is 5.78. The van der Waals surface area contributed by atoms with Crippen molar-refractivity contribution in [3.05, 3.63) is 44.5 Å². The molecular formula is C12H11ClN2O5. The number of hydrogen-bond donors (Lipinski definition) is 2. The molecule has 0 unspecified atom stereocenters. The molecule has 0 aliphatic rings. The van der Waals surface area contributed by atoms with E-state index in [2.05, 4.69) is 5.32 Å². The summed E-state index contributed by atoms with van der Waals surface area (Å²) in [5, 5.41) is 21.9. The highest BCUT2D eigenvalue weighted by atomic mass is 35.5. The van der Waals surface area contributed by atoms with E-state index in [4.69, 9.17) is 16.7 Å². The van der Waals surface area contributed by atoms with Gasteiger partial charge in [0.1, 0.15) is 0 Å². The number of nitro benzene ring substituents is 1. The van der Waals surface area contributed by atoms with E-state index in [9.17, 15) is 19.7 Å². The Morgan fingerprint density at radius 2 is 1.90 bits per heavy atom. The molecule has 0 aliphatic heterocycles. The highest BCUT2D eigenvalue weighted by Crippen LogP contribution is 2.27. The van der Waals surface area contributed by atoms with Crippen LogP contribution in [0, 0.1) is 10.1 Å². The number of benzene rings is 1. The lowest BCUT2D eigenvalue weighted by atomic mass is 10.1. The highest BCUT2D eigenvalue weighted by Gasteiger charge is 2.16. The van der Waals surface area contributed by atoms with E-state index in [-0.39, 0.29) is 27.5 Å². The molecule has 0 aromatic heterocycles. The Kier molecular flexibility index (Phi) is 4.82. The largest absolute Gasteiger partial charge is 0.478 e. The van der Waals surface area contributed by atoms with E-state index in [1.807, 2.05) is 0 Å². The van der Waals surface area contributed by atoms with Gasteiger partial charge in [0.25, 0.3) is 11.6 Å². The fraction of sp³-hybridized carbons (Fsp3) is 0.167. The van der Waals surface area contributed by atoms with Crippen molar-refractivity contribution in [3.8, 4) is 0 Å². The van der Waals surface area contributed by atoms with E-state index >= 15 is 0 Å². The molecule has 0 radical (unpaired) electrons. The third-order valence-electron chi connectivity index (χ3n) is 2.63. The molecule has 7 nitrogen and oxygen atoms in total. The second kappa shape index (κ2) is 6.16. The Morgan fingerprint density at radius 1 is 1.30 bits per heavy atom. The maximum Gasteiger partial charge on any atom is 0.331 e. The van der Waals surface area contributed by atoms with Crippen molar-refractivity contribution >= 4 is 34.9 Å². The van der Waals surface area contributed by atoms with Gasteiger partial charge in [-0.05, 0) is 19.9 Å². The maximum atomic E-state index is 11.8. The average molecular weight is 299 g/mol. The van der Waals surface area contributed by atoms with E-state index in [1.165, 1.54) is 26.0 Å². The molecule has 0 fully saturated rings. The van der Waals surface area contributed by atoms with Gasteiger partial charge >= 0.3 is 5.97 Å². The summed E-state index contributed by atoms with van der Waals surface area (Å²) in [5.74, 6) is -1.91. The number of nitro groups is 1. The summed E-state index contributed by atoms with van der Waals surface area (Å²) in [5.41, 5.74) is -0.325. The number of halogens is 1. The van der Waals surface area contributed by atoms with Gasteiger partial charge in [-0.25, -0.2) is 4.79 Å². The molecule has 0 atom stereocenters. The number of carbonyl (C=O) groups excluding carboxylic acids is 1. The molecule has 1 rings (SSSR count). The summed E-state index contributed by atoms with van der Waals surface area (Å²) in [7, 11) is 0. The molecule has 2 N–H and O–H groups in total. The molecule has 8 heteroatoms. The van der Waals surface area contributed by atoms with Crippen LogP contribution in [0.25, 0.3) is 0 Å². The molecule has 0 bridgehead atoms. The number of carboxylic acid groups (broad SMARTS) is 1. The molecule has 0 aliphatic carbocycles. The van der Waals surface area contributed by atoms with Gasteiger partial charge in [-0.1, -0.05) is 11.6 Å². The zero-order chi connectivity index (χ0) is 15.4.